The minimum absolute atomic E-state index is 0.443. The highest BCUT2D eigenvalue weighted by Gasteiger charge is 2.19. The first-order chi connectivity index (χ1) is 17.5. The number of fused-ring (bicyclic) bond motifs is 1. The average molecular weight is 515 g/mol. The van der Waals surface area contributed by atoms with E-state index in [1.807, 2.05) is 37.4 Å². The highest BCUT2D eigenvalue weighted by molar-refractivity contribution is 6.25. The van der Waals surface area contributed by atoms with Crippen molar-refractivity contribution in [2.45, 2.75) is 38.8 Å². The third kappa shape index (κ3) is 9.25. The van der Waals surface area contributed by atoms with Gasteiger partial charge in [0.15, 0.2) is 5.65 Å². The normalized spacial score (nSPS) is 15.4. The number of rotatable bonds is 4. The molecule has 1 saturated heterocycles. The predicted octanol–water partition coefficient (Wildman–Crippen LogP) is -3.75. The number of aliphatic carboxylic acids is 4. The summed E-state index contributed by atoms with van der Waals surface area (Å²) in [7, 11) is 2.20. The summed E-state index contributed by atoms with van der Waals surface area (Å²) in [5.74, 6) is -6.01. The van der Waals surface area contributed by atoms with E-state index in [1.165, 1.54) is 19.4 Å². The molecule has 37 heavy (non-hydrogen) atoms. The number of aromatic nitrogens is 3. The second-order valence-electron chi connectivity index (χ2n) is 8.11. The number of aryl methyl sites for hydroxylation is 1. The molecule has 0 bridgehead atoms. The lowest BCUT2D eigenvalue weighted by atomic mass is 10.1. The highest BCUT2D eigenvalue weighted by atomic mass is 16.4. The first-order valence-electron chi connectivity index (χ1n) is 11.1. The molecule has 1 aliphatic rings. The maximum atomic E-state index is 8.93. The number of anilines is 1. The van der Waals surface area contributed by atoms with Crippen LogP contribution in [-0.4, -0.2) is 69.5 Å². The second kappa shape index (κ2) is 13.6. The van der Waals surface area contributed by atoms with Gasteiger partial charge in [0.05, 0.1) is 30.4 Å². The summed E-state index contributed by atoms with van der Waals surface area (Å²) < 4.78 is 7.90. The zero-order valence-electron chi connectivity index (χ0n) is 20.2. The van der Waals surface area contributed by atoms with Gasteiger partial charge in [0.2, 0.25) is 5.95 Å². The van der Waals surface area contributed by atoms with E-state index >= 15 is 0 Å². The van der Waals surface area contributed by atoms with Gasteiger partial charge in [0.1, 0.15) is 17.0 Å². The van der Waals surface area contributed by atoms with Crippen LogP contribution in [0.15, 0.2) is 34.9 Å². The number of likely N-dealkylation sites (tertiary alicyclic amines) is 1. The molecule has 14 heteroatoms. The number of carbonyl (C=O) groups excluding carboxylic acids is 4. The Balaban J connectivity index is 0.000000336. The molecule has 3 aromatic heterocycles. The molecule has 1 fully saturated rings. The van der Waals surface area contributed by atoms with Crippen LogP contribution in [0.2, 0.25) is 0 Å². The van der Waals surface area contributed by atoms with Gasteiger partial charge in [0.25, 0.3) is 0 Å². The summed E-state index contributed by atoms with van der Waals surface area (Å²) in [6.45, 7) is 4.89. The fraction of sp³-hybridized carbons (Fsp3) is 0.391. The Bertz CT molecular complexity index is 1190. The van der Waals surface area contributed by atoms with Crippen molar-refractivity contribution in [3.8, 4) is 0 Å². The van der Waals surface area contributed by atoms with Crippen LogP contribution in [0.1, 0.15) is 30.8 Å². The van der Waals surface area contributed by atoms with Gasteiger partial charge in [-0.25, -0.2) is 9.97 Å². The molecule has 1 aliphatic heterocycles. The molecule has 0 aliphatic carbocycles. The predicted molar refractivity (Wildman–Crippen MR) is 119 cm³/mol. The Morgan fingerprint density at radius 2 is 1.65 bits per heavy atom. The van der Waals surface area contributed by atoms with Gasteiger partial charge in [-0.2, -0.15) is 0 Å². The smallest absolute Gasteiger partial charge is 0.205 e. The molecule has 1 N–H and O–H groups in total. The number of carboxylic acids is 4. The number of imidazole rings is 1. The largest absolute Gasteiger partial charge is 0.543 e. The molecular weight excluding hydrogens is 490 g/mol. The van der Waals surface area contributed by atoms with E-state index < -0.39 is 23.9 Å². The number of nitrogens with zero attached hydrogens (tertiary/aromatic N) is 4. The molecule has 0 saturated carbocycles. The minimum Gasteiger partial charge on any atom is -0.543 e. The molecule has 1 unspecified atom stereocenters. The summed E-state index contributed by atoms with van der Waals surface area (Å²) in [5, 5.41) is 39.4. The van der Waals surface area contributed by atoms with Gasteiger partial charge < -0.3 is 54.2 Å². The maximum Gasteiger partial charge on any atom is 0.205 e. The molecule has 4 heterocycles. The van der Waals surface area contributed by atoms with E-state index in [0.29, 0.717) is 12.6 Å². The molecule has 200 valence electrons. The standard InChI is InChI=1S/C19H25N5O.2C2H2O4/c1-14-7-8-16(25-14)13-24-18-17(6-3-10-20-18)22-19(24)21-15-5-4-11-23(2)12-9-15;2*3-1(4)2(5)6/h3,6-8,10,15H,4-5,9,11-13H2,1-2H3,(H,21,22);2*(H,3,4)(H,5,6)/p-4. The fourth-order valence-corrected chi connectivity index (χ4v) is 3.51. The van der Waals surface area contributed by atoms with Crippen LogP contribution in [0.25, 0.3) is 11.2 Å². The van der Waals surface area contributed by atoms with Crippen molar-refractivity contribution < 1.29 is 44.0 Å². The number of hydrogen-bond donors (Lipinski definition) is 1. The third-order valence-corrected chi connectivity index (χ3v) is 5.23. The van der Waals surface area contributed by atoms with Crippen molar-refractivity contribution in [2.75, 3.05) is 25.5 Å². The number of carboxylic acid groups (broad SMARTS) is 4. The van der Waals surface area contributed by atoms with E-state index in [9.17, 15) is 0 Å². The quantitative estimate of drug-likeness (QED) is 0.330. The van der Waals surface area contributed by atoms with Gasteiger partial charge in [-0.05, 0) is 70.6 Å². The second-order valence-corrected chi connectivity index (χ2v) is 8.11. The first kappa shape index (κ1) is 28.8. The molecular formula is C23H25N5O9-4. The Labute approximate surface area is 211 Å². The van der Waals surface area contributed by atoms with Crippen molar-refractivity contribution in [1.82, 2.24) is 19.4 Å². The van der Waals surface area contributed by atoms with Crippen molar-refractivity contribution >= 4 is 41.0 Å². The van der Waals surface area contributed by atoms with Crippen molar-refractivity contribution in [2.24, 2.45) is 0 Å². The third-order valence-electron chi connectivity index (χ3n) is 5.23. The number of pyridine rings is 1. The van der Waals surface area contributed by atoms with E-state index in [1.54, 1.807) is 0 Å². The molecule has 0 spiro atoms. The minimum atomic E-state index is -2.19. The molecule has 1 atom stereocenters. The van der Waals surface area contributed by atoms with E-state index in [0.717, 1.165) is 41.6 Å². The van der Waals surface area contributed by atoms with Crippen LogP contribution < -0.4 is 25.7 Å². The SMILES string of the molecule is Cc1ccc(Cn2c(NC3CCCN(C)CC3)nc3cccnc32)o1.O=C([O-])C(=O)[O-].O=C([O-])C(=O)[O-]. The van der Waals surface area contributed by atoms with Crippen LogP contribution in [-0.2, 0) is 25.7 Å². The molecule has 0 amide bonds. The number of carbonyl (C=O) groups is 4. The highest BCUT2D eigenvalue weighted by Crippen LogP contribution is 2.23. The van der Waals surface area contributed by atoms with Crippen molar-refractivity contribution in [3.05, 3.63) is 42.0 Å². The van der Waals surface area contributed by atoms with E-state index in [4.69, 9.17) is 49.0 Å². The molecule has 4 rings (SSSR count). The summed E-state index contributed by atoms with van der Waals surface area (Å²) in [6.07, 6.45) is 5.33. The van der Waals surface area contributed by atoms with Gasteiger partial charge in [0, 0.05) is 12.2 Å². The molecule has 0 aromatic carbocycles. The van der Waals surface area contributed by atoms with Crippen LogP contribution in [0.5, 0.6) is 0 Å². The van der Waals surface area contributed by atoms with Crippen LogP contribution in [0, 0.1) is 6.92 Å². The summed E-state index contributed by atoms with van der Waals surface area (Å²) in [4.78, 5) is 47.4. The fourth-order valence-electron chi connectivity index (χ4n) is 3.51. The lowest BCUT2D eigenvalue weighted by molar-refractivity contribution is -0.345. The monoisotopic (exact) mass is 515 g/mol. The van der Waals surface area contributed by atoms with Gasteiger partial charge >= 0.3 is 0 Å². The zero-order valence-corrected chi connectivity index (χ0v) is 20.2. The molecule has 0 radical (unpaired) electrons. The lowest BCUT2D eigenvalue weighted by Gasteiger charge is -2.18. The van der Waals surface area contributed by atoms with Crippen LogP contribution in [0.4, 0.5) is 5.95 Å². The van der Waals surface area contributed by atoms with Gasteiger partial charge in [-0.1, -0.05) is 0 Å². The number of furan rings is 1. The summed E-state index contributed by atoms with van der Waals surface area (Å²) >= 11 is 0. The molecule has 3 aromatic rings. The average Bonchev–Trinajstić information content (AvgIpc) is 3.33. The van der Waals surface area contributed by atoms with Crippen molar-refractivity contribution in [3.63, 3.8) is 0 Å². The van der Waals surface area contributed by atoms with Gasteiger partial charge in [-0.3, -0.25) is 4.57 Å². The number of nitrogens with one attached hydrogen (secondary N) is 1. The Hall–Kier alpha value is -4.46. The van der Waals surface area contributed by atoms with E-state index in [2.05, 4.69) is 26.8 Å². The Morgan fingerprint density at radius 3 is 2.22 bits per heavy atom. The molecule has 14 nitrogen and oxygen atoms in total. The zero-order chi connectivity index (χ0) is 27.5. The summed E-state index contributed by atoms with van der Waals surface area (Å²) in [6, 6.07) is 8.41. The lowest BCUT2D eigenvalue weighted by Crippen LogP contribution is -2.42. The Kier molecular flexibility index (Phi) is 10.6. The first-order valence-corrected chi connectivity index (χ1v) is 11.1. The van der Waals surface area contributed by atoms with Crippen LogP contribution >= 0.6 is 0 Å². The number of hydrogen-bond acceptors (Lipinski definition) is 13. The maximum absolute atomic E-state index is 8.93. The topological polar surface area (TPSA) is 220 Å². The Morgan fingerprint density at radius 1 is 1.00 bits per heavy atom. The van der Waals surface area contributed by atoms with Gasteiger partial charge in [-0.15, -0.1) is 0 Å². The summed E-state index contributed by atoms with van der Waals surface area (Å²) in [5.41, 5.74) is 1.81. The van der Waals surface area contributed by atoms with Crippen molar-refractivity contribution in [1.29, 1.82) is 0 Å². The van der Waals surface area contributed by atoms with Crippen LogP contribution in [0.3, 0.4) is 0 Å². The van der Waals surface area contributed by atoms with E-state index in [-0.39, 0.29) is 0 Å².